The predicted octanol–water partition coefficient (Wildman–Crippen LogP) is 3.73. The average Bonchev–Trinajstić information content (AvgIpc) is 3.26. The number of nitrogens with zero attached hydrogens (tertiary/aromatic N) is 2. The summed E-state index contributed by atoms with van der Waals surface area (Å²) < 4.78 is 26.4. The lowest BCUT2D eigenvalue weighted by atomic mass is 9.83. The van der Waals surface area contributed by atoms with Gasteiger partial charge in [0.15, 0.2) is 11.6 Å². The van der Waals surface area contributed by atoms with E-state index in [0.29, 0.717) is 25.9 Å². The Morgan fingerprint density at radius 2 is 1.71 bits per heavy atom. The maximum absolute atomic E-state index is 14.4. The molecule has 2 N–H and O–H groups in total. The Hall–Kier alpha value is -3.04. The Balaban J connectivity index is 1.83. The number of terminal acetylenes is 1. The van der Waals surface area contributed by atoms with Crippen LogP contribution in [0.1, 0.15) is 93.9 Å². The number of allylic oxidation sites excluding steroid dienone is 1. The number of hydrogen-bond donors (Lipinski definition) is 2. The highest BCUT2D eigenvalue weighted by atomic mass is 32.2. The maximum Gasteiger partial charge on any atom is 0.315 e. The minimum absolute atomic E-state index is 0.0136. The molecule has 2 aliphatic heterocycles. The van der Waals surface area contributed by atoms with Gasteiger partial charge in [0.05, 0.1) is 11.8 Å². The third-order valence-corrected chi connectivity index (χ3v) is 12.4. The molecule has 2 heterocycles. The van der Waals surface area contributed by atoms with Crippen LogP contribution >= 0.6 is 0 Å². The first kappa shape index (κ1) is 39.4. The summed E-state index contributed by atoms with van der Waals surface area (Å²) in [7, 11) is -3.39. The minimum Gasteiger partial charge on any atom is -0.334 e. The molecule has 268 valence electrons. The summed E-state index contributed by atoms with van der Waals surface area (Å²) in [6, 6.07) is -2.96. The van der Waals surface area contributed by atoms with Crippen LogP contribution in [-0.2, 0) is 29.2 Å². The fourth-order valence-electron chi connectivity index (χ4n) is 7.20. The van der Waals surface area contributed by atoms with Gasteiger partial charge in [-0.15, -0.1) is 18.9 Å². The molecule has 11 nitrogen and oxygen atoms in total. The van der Waals surface area contributed by atoms with Crippen molar-refractivity contribution in [3.63, 3.8) is 0 Å². The van der Waals surface area contributed by atoms with E-state index in [1.165, 1.54) is 4.31 Å². The topological polar surface area (TPSA) is 150 Å². The van der Waals surface area contributed by atoms with Crippen molar-refractivity contribution in [2.75, 3.05) is 25.4 Å². The minimum atomic E-state index is -3.39. The number of Topliss-reactive ketones (excluding diaryl/α,β-unsaturated/α-hetero) is 3. The van der Waals surface area contributed by atoms with Crippen molar-refractivity contribution in [2.24, 2.45) is 34.0 Å². The Morgan fingerprint density at radius 3 is 2.23 bits per heavy atom. The molecule has 0 bridgehead atoms. The summed E-state index contributed by atoms with van der Waals surface area (Å²) >= 11 is 0. The van der Waals surface area contributed by atoms with Gasteiger partial charge in [0.25, 0.3) is 0 Å². The van der Waals surface area contributed by atoms with E-state index in [4.69, 9.17) is 6.42 Å². The predicted molar refractivity (Wildman–Crippen MR) is 185 cm³/mol. The lowest BCUT2D eigenvalue weighted by Gasteiger charge is -2.39. The van der Waals surface area contributed by atoms with Crippen LogP contribution in [0.5, 0.6) is 0 Å². The number of hydrogen-bond acceptors (Lipinski definition) is 7. The van der Waals surface area contributed by atoms with Gasteiger partial charge in [-0.3, -0.25) is 19.2 Å². The van der Waals surface area contributed by atoms with E-state index >= 15 is 0 Å². The van der Waals surface area contributed by atoms with E-state index in [1.807, 2.05) is 41.5 Å². The molecule has 6 atom stereocenters. The zero-order chi connectivity index (χ0) is 36.4. The van der Waals surface area contributed by atoms with Crippen LogP contribution in [0, 0.1) is 46.3 Å². The normalized spacial score (nSPS) is 24.8. The zero-order valence-electron chi connectivity index (χ0n) is 30.1. The smallest absolute Gasteiger partial charge is 0.315 e. The standard InChI is InChI=1S/C36H56N4O7S/c1-11-13-16-23(30(43)25(41)17-14-12-2)20-26(42)29-28-24(36(28,9)10)21-40(29)32(44)31(35(6,7)8)38-33(45)37-27(34(3,4)5)22-39-18-15-19-48(39,46)47/h1,12,23-24,27-29,31H,2,13-22H2,3-10H3,(H2,37,38,45)/t23?,24-,27+,28-,29+,31+/m0/s1. The van der Waals surface area contributed by atoms with Crippen molar-refractivity contribution < 1.29 is 32.4 Å². The van der Waals surface area contributed by atoms with Gasteiger partial charge in [0.2, 0.25) is 21.7 Å². The summed E-state index contributed by atoms with van der Waals surface area (Å²) in [5.74, 6) is -0.210. The lowest BCUT2D eigenvalue weighted by molar-refractivity contribution is -0.144. The van der Waals surface area contributed by atoms with E-state index in [9.17, 15) is 32.4 Å². The fraction of sp³-hybridized carbons (Fsp3) is 0.750. The molecule has 0 aromatic heterocycles. The highest BCUT2D eigenvalue weighted by Crippen LogP contribution is 2.65. The molecule has 0 aromatic carbocycles. The van der Waals surface area contributed by atoms with Gasteiger partial charge >= 0.3 is 6.03 Å². The van der Waals surface area contributed by atoms with Gasteiger partial charge in [-0.1, -0.05) is 61.5 Å². The molecule has 2 saturated heterocycles. The Kier molecular flexibility index (Phi) is 12.2. The van der Waals surface area contributed by atoms with E-state index in [2.05, 4.69) is 37.0 Å². The molecule has 0 aromatic rings. The second-order valence-corrected chi connectivity index (χ2v) is 18.6. The molecule has 1 unspecified atom stereocenters. The molecular weight excluding hydrogens is 632 g/mol. The number of fused-ring (bicyclic) bond motifs is 1. The molecule has 3 rings (SSSR count). The van der Waals surface area contributed by atoms with Gasteiger partial charge < -0.3 is 15.5 Å². The summed E-state index contributed by atoms with van der Waals surface area (Å²) in [4.78, 5) is 69.3. The van der Waals surface area contributed by atoms with Crippen molar-refractivity contribution in [1.82, 2.24) is 19.8 Å². The Labute approximate surface area is 287 Å². The number of ketones is 3. The van der Waals surface area contributed by atoms with Crippen LogP contribution in [-0.4, -0.2) is 90.4 Å². The third-order valence-electron chi connectivity index (χ3n) is 10.5. The first-order valence-electron chi connectivity index (χ1n) is 17.1. The number of amides is 3. The van der Waals surface area contributed by atoms with E-state index in [1.54, 1.807) is 11.0 Å². The summed E-state index contributed by atoms with van der Waals surface area (Å²) in [5, 5.41) is 5.80. The first-order chi connectivity index (χ1) is 22.1. The van der Waals surface area contributed by atoms with Crippen LogP contribution in [0.25, 0.3) is 0 Å². The molecule has 3 amide bonds. The molecule has 0 radical (unpaired) electrons. The van der Waals surface area contributed by atoms with Crippen LogP contribution in [0.4, 0.5) is 4.79 Å². The van der Waals surface area contributed by atoms with Crippen molar-refractivity contribution in [3.8, 4) is 12.3 Å². The number of piperidine rings is 1. The Bertz CT molecular complexity index is 1430. The van der Waals surface area contributed by atoms with Crippen LogP contribution in [0.3, 0.4) is 0 Å². The molecule has 12 heteroatoms. The van der Waals surface area contributed by atoms with E-state index < -0.39 is 68.4 Å². The zero-order valence-corrected chi connectivity index (χ0v) is 30.9. The highest BCUT2D eigenvalue weighted by Gasteiger charge is 2.69. The molecule has 48 heavy (non-hydrogen) atoms. The van der Waals surface area contributed by atoms with Crippen molar-refractivity contribution in [2.45, 2.75) is 112 Å². The van der Waals surface area contributed by atoms with Gasteiger partial charge in [0.1, 0.15) is 6.04 Å². The van der Waals surface area contributed by atoms with Crippen LogP contribution < -0.4 is 10.6 Å². The maximum atomic E-state index is 14.4. The molecule has 1 aliphatic carbocycles. The second-order valence-electron chi connectivity index (χ2n) is 16.5. The number of nitrogens with one attached hydrogen (secondary N) is 2. The molecule has 1 saturated carbocycles. The van der Waals surface area contributed by atoms with Crippen molar-refractivity contribution in [3.05, 3.63) is 12.7 Å². The van der Waals surface area contributed by atoms with E-state index in [-0.39, 0.29) is 61.0 Å². The summed E-state index contributed by atoms with van der Waals surface area (Å²) in [6.45, 7) is 19.8. The second kappa shape index (κ2) is 14.8. The monoisotopic (exact) mass is 688 g/mol. The summed E-state index contributed by atoms with van der Waals surface area (Å²) in [5.41, 5.74) is -1.42. The number of sulfonamides is 1. The molecule has 0 spiro atoms. The molecular formula is C36H56N4O7S. The summed E-state index contributed by atoms with van der Waals surface area (Å²) in [6.07, 6.45) is 8.15. The largest absolute Gasteiger partial charge is 0.334 e. The highest BCUT2D eigenvalue weighted by molar-refractivity contribution is 7.89. The molecule has 3 fully saturated rings. The fourth-order valence-corrected chi connectivity index (χ4v) is 8.73. The SMILES string of the molecule is C#CCCC(CC(=O)[C@@H]1[C@@H]2[C@H](CN1C(=O)[C@@H](NC(=O)N[C@H](CN1CCCS1(=O)=O)C(C)(C)C)C(C)(C)C)C2(C)C)C(=O)C(=O)CCC=C. The first-order valence-corrected chi connectivity index (χ1v) is 18.7. The van der Waals surface area contributed by atoms with Gasteiger partial charge in [-0.25, -0.2) is 13.2 Å². The third kappa shape index (κ3) is 8.94. The van der Waals surface area contributed by atoms with Crippen LogP contribution in [0.15, 0.2) is 12.7 Å². The number of urea groups is 1. The number of rotatable bonds is 15. The number of carbonyl (C=O) groups is 5. The van der Waals surface area contributed by atoms with Gasteiger partial charge in [-0.2, -0.15) is 4.31 Å². The quantitative estimate of drug-likeness (QED) is 0.151. The van der Waals surface area contributed by atoms with Gasteiger partial charge in [0, 0.05) is 50.9 Å². The van der Waals surface area contributed by atoms with Gasteiger partial charge in [-0.05, 0) is 47.3 Å². The van der Waals surface area contributed by atoms with Crippen LogP contribution in [0.2, 0.25) is 0 Å². The number of likely N-dealkylation sites (tertiary alicyclic amines) is 1. The Morgan fingerprint density at radius 1 is 1.06 bits per heavy atom. The average molecular weight is 689 g/mol. The van der Waals surface area contributed by atoms with Crippen molar-refractivity contribution in [1.29, 1.82) is 0 Å². The van der Waals surface area contributed by atoms with Crippen molar-refractivity contribution >= 4 is 39.3 Å². The lowest BCUT2D eigenvalue weighted by Crippen LogP contribution is -2.61. The van der Waals surface area contributed by atoms with E-state index in [0.717, 1.165) is 0 Å². The molecule has 3 aliphatic rings. The number of carbonyl (C=O) groups excluding carboxylic acids is 5.